The molecule has 3 aromatic carbocycles. The van der Waals surface area contributed by atoms with E-state index in [9.17, 15) is 18.8 Å². The fourth-order valence-electron chi connectivity index (χ4n) is 2.98. The van der Waals surface area contributed by atoms with Gasteiger partial charge in [-0.3, -0.25) is 14.4 Å². The van der Waals surface area contributed by atoms with Crippen LogP contribution in [0, 0.1) is 5.82 Å². The zero-order chi connectivity index (χ0) is 27.3. The molecule has 0 radical (unpaired) electrons. The Morgan fingerprint density at radius 2 is 1.74 bits per heavy atom. The van der Waals surface area contributed by atoms with Gasteiger partial charge in [-0.1, -0.05) is 41.4 Å². The lowest BCUT2D eigenvalue weighted by molar-refractivity contribution is -0.136. The van der Waals surface area contributed by atoms with Crippen molar-refractivity contribution in [2.75, 3.05) is 23.8 Å². The SMILES string of the molecule is CCCCOc1ccc(NC(=O)C(=O)N/N=C\c2cccc(OCC(=O)Nc3ccc(Br)cc3F)c2)cc1. The Kier molecular flexibility index (Phi) is 10.8. The third kappa shape index (κ3) is 9.32. The van der Waals surface area contributed by atoms with Gasteiger partial charge in [0.25, 0.3) is 5.91 Å². The van der Waals surface area contributed by atoms with Crippen molar-refractivity contribution in [1.82, 2.24) is 5.43 Å². The Balaban J connectivity index is 1.44. The Morgan fingerprint density at radius 1 is 0.947 bits per heavy atom. The molecule has 0 fully saturated rings. The molecule has 198 valence electrons. The first-order valence-electron chi connectivity index (χ1n) is 11.7. The minimum absolute atomic E-state index is 0.0379. The molecular weight excluding hydrogens is 559 g/mol. The molecule has 9 nitrogen and oxygen atoms in total. The number of amides is 3. The van der Waals surface area contributed by atoms with Crippen molar-refractivity contribution in [3.8, 4) is 11.5 Å². The standard InChI is InChI=1S/C27H26BrFN4O5/c1-2-3-13-37-21-10-8-20(9-11-21)31-26(35)27(36)33-30-16-18-5-4-6-22(14-18)38-17-25(34)32-24-12-7-19(28)15-23(24)29/h4-12,14-16H,2-3,13,17H2,1H3,(H,31,35)(H,32,34)(H,33,36)/b30-16-. The lowest BCUT2D eigenvalue weighted by Crippen LogP contribution is -2.32. The number of ether oxygens (including phenoxy) is 2. The number of unbranched alkanes of at least 4 members (excludes halogenated alkanes) is 1. The summed E-state index contributed by atoms with van der Waals surface area (Å²) in [6.07, 6.45) is 3.29. The molecule has 3 amide bonds. The summed E-state index contributed by atoms with van der Waals surface area (Å²) in [4.78, 5) is 36.3. The van der Waals surface area contributed by atoms with Crippen LogP contribution in [-0.4, -0.2) is 37.1 Å². The Morgan fingerprint density at radius 3 is 2.47 bits per heavy atom. The van der Waals surface area contributed by atoms with Crippen molar-refractivity contribution in [2.45, 2.75) is 19.8 Å². The van der Waals surface area contributed by atoms with E-state index in [1.165, 1.54) is 18.3 Å². The number of carbonyl (C=O) groups excluding carboxylic acids is 3. The van der Waals surface area contributed by atoms with Crippen LogP contribution in [-0.2, 0) is 14.4 Å². The van der Waals surface area contributed by atoms with Gasteiger partial charge < -0.3 is 20.1 Å². The number of nitrogens with one attached hydrogen (secondary N) is 3. The van der Waals surface area contributed by atoms with Gasteiger partial charge in [-0.25, -0.2) is 9.82 Å². The summed E-state index contributed by atoms with van der Waals surface area (Å²) in [7, 11) is 0. The highest BCUT2D eigenvalue weighted by Crippen LogP contribution is 2.20. The number of benzene rings is 3. The summed E-state index contributed by atoms with van der Waals surface area (Å²) >= 11 is 3.15. The maximum absolute atomic E-state index is 13.9. The number of carbonyl (C=O) groups is 3. The highest BCUT2D eigenvalue weighted by atomic mass is 79.9. The van der Waals surface area contributed by atoms with Gasteiger partial charge in [-0.05, 0) is 66.6 Å². The van der Waals surface area contributed by atoms with E-state index in [1.54, 1.807) is 54.6 Å². The minimum atomic E-state index is -0.950. The third-order valence-corrected chi connectivity index (χ3v) is 5.39. The highest BCUT2D eigenvalue weighted by Gasteiger charge is 2.13. The zero-order valence-corrected chi connectivity index (χ0v) is 22.1. The molecular formula is C27H26BrFN4O5. The molecule has 0 saturated carbocycles. The average molecular weight is 585 g/mol. The first kappa shape index (κ1) is 28.3. The Labute approximate surface area is 227 Å². The van der Waals surface area contributed by atoms with Crippen LogP contribution in [0.25, 0.3) is 0 Å². The normalized spacial score (nSPS) is 10.6. The van der Waals surface area contributed by atoms with Crippen LogP contribution in [0.3, 0.4) is 0 Å². The number of hydrazone groups is 1. The maximum Gasteiger partial charge on any atom is 0.329 e. The molecule has 0 aliphatic heterocycles. The second kappa shape index (κ2) is 14.5. The second-order valence-electron chi connectivity index (χ2n) is 7.91. The number of anilines is 2. The van der Waals surface area contributed by atoms with E-state index in [4.69, 9.17) is 9.47 Å². The first-order chi connectivity index (χ1) is 18.3. The fourth-order valence-corrected chi connectivity index (χ4v) is 3.32. The van der Waals surface area contributed by atoms with E-state index in [-0.39, 0.29) is 12.3 Å². The van der Waals surface area contributed by atoms with Gasteiger partial charge in [0.1, 0.15) is 17.3 Å². The molecule has 0 heterocycles. The quantitative estimate of drug-likeness (QED) is 0.128. The van der Waals surface area contributed by atoms with Gasteiger partial charge in [0, 0.05) is 10.2 Å². The molecule has 0 saturated heterocycles. The monoisotopic (exact) mass is 584 g/mol. The van der Waals surface area contributed by atoms with Crippen LogP contribution in [0.1, 0.15) is 25.3 Å². The largest absolute Gasteiger partial charge is 0.494 e. The van der Waals surface area contributed by atoms with Gasteiger partial charge in [0.2, 0.25) is 0 Å². The molecule has 11 heteroatoms. The van der Waals surface area contributed by atoms with Crippen molar-refractivity contribution in [3.63, 3.8) is 0 Å². The lowest BCUT2D eigenvalue weighted by atomic mass is 10.2. The van der Waals surface area contributed by atoms with E-state index in [2.05, 4.69) is 44.0 Å². The smallest absolute Gasteiger partial charge is 0.329 e. The molecule has 0 aliphatic carbocycles. The van der Waals surface area contributed by atoms with Crippen LogP contribution in [0.15, 0.2) is 76.3 Å². The van der Waals surface area contributed by atoms with Gasteiger partial charge in [0.05, 0.1) is 18.5 Å². The summed E-state index contributed by atoms with van der Waals surface area (Å²) in [6.45, 7) is 2.34. The molecule has 0 aliphatic rings. The predicted molar refractivity (Wildman–Crippen MR) is 146 cm³/mol. The van der Waals surface area contributed by atoms with Crippen molar-refractivity contribution >= 4 is 51.2 Å². The van der Waals surface area contributed by atoms with Crippen molar-refractivity contribution in [2.24, 2.45) is 5.10 Å². The topological polar surface area (TPSA) is 118 Å². The summed E-state index contributed by atoms with van der Waals surface area (Å²) < 4.78 is 25.4. The van der Waals surface area contributed by atoms with Gasteiger partial charge in [-0.2, -0.15) is 5.10 Å². The zero-order valence-electron chi connectivity index (χ0n) is 20.5. The summed E-state index contributed by atoms with van der Waals surface area (Å²) in [6, 6.07) is 17.5. The van der Waals surface area contributed by atoms with E-state index in [0.29, 0.717) is 33.8 Å². The van der Waals surface area contributed by atoms with Crippen molar-refractivity contribution in [1.29, 1.82) is 0 Å². The Bertz CT molecular complexity index is 1300. The molecule has 3 rings (SSSR count). The summed E-state index contributed by atoms with van der Waals surface area (Å²) in [5.74, 6) is -1.92. The van der Waals surface area contributed by atoms with Gasteiger partial charge in [0.15, 0.2) is 6.61 Å². The van der Waals surface area contributed by atoms with Crippen LogP contribution in [0.2, 0.25) is 0 Å². The third-order valence-electron chi connectivity index (χ3n) is 4.90. The molecule has 0 aromatic heterocycles. The van der Waals surface area contributed by atoms with Crippen LogP contribution in [0.4, 0.5) is 15.8 Å². The number of halogens is 2. The van der Waals surface area contributed by atoms with E-state index in [0.717, 1.165) is 12.8 Å². The molecule has 3 aromatic rings. The molecule has 0 unspecified atom stereocenters. The summed E-state index contributed by atoms with van der Waals surface area (Å²) in [5.41, 5.74) is 3.17. The minimum Gasteiger partial charge on any atom is -0.494 e. The van der Waals surface area contributed by atoms with E-state index >= 15 is 0 Å². The molecule has 0 spiro atoms. The molecule has 0 atom stereocenters. The second-order valence-corrected chi connectivity index (χ2v) is 8.83. The molecule has 38 heavy (non-hydrogen) atoms. The van der Waals surface area contributed by atoms with Crippen LogP contribution < -0.4 is 25.5 Å². The number of nitrogens with zero attached hydrogens (tertiary/aromatic N) is 1. The lowest BCUT2D eigenvalue weighted by Gasteiger charge is -2.09. The maximum atomic E-state index is 13.9. The first-order valence-corrected chi connectivity index (χ1v) is 12.5. The van der Waals surface area contributed by atoms with Crippen LogP contribution >= 0.6 is 15.9 Å². The average Bonchev–Trinajstić information content (AvgIpc) is 2.90. The van der Waals surface area contributed by atoms with Gasteiger partial charge in [-0.15, -0.1) is 0 Å². The van der Waals surface area contributed by atoms with Crippen LogP contribution in [0.5, 0.6) is 11.5 Å². The van der Waals surface area contributed by atoms with E-state index in [1.807, 2.05) is 0 Å². The molecule has 0 bridgehead atoms. The Hall–Kier alpha value is -4.25. The fraction of sp³-hybridized carbons (Fsp3) is 0.185. The van der Waals surface area contributed by atoms with Crippen molar-refractivity contribution < 1.29 is 28.2 Å². The number of hydrogen-bond acceptors (Lipinski definition) is 6. The highest BCUT2D eigenvalue weighted by molar-refractivity contribution is 9.10. The van der Waals surface area contributed by atoms with Crippen molar-refractivity contribution in [3.05, 3.63) is 82.6 Å². The van der Waals surface area contributed by atoms with Gasteiger partial charge >= 0.3 is 11.8 Å². The molecule has 3 N–H and O–H groups in total. The predicted octanol–water partition coefficient (Wildman–Crippen LogP) is 4.87. The number of rotatable bonds is 11. The number of hydrogen-bond donors (Lipinski definition) is 3. The van der Waals surface area contributed by atoms with E-state index < -0.39 is 23.5 Å². The summed E-state index contributed by atoms with van der Waals surface area (Å²) in [5, 5.41) is 8.70.